The smallest absolute Gasteiger partial charge is 0.222 e. The third-order valence-corrected chi connectivity index (χ3v) is 2.38. The normalized spacial score (nSPS) is 9.83. The Labute approximate surface area is 103 Å². The molecule has 6 heteroatoms. The van der Waals surface area contributed by atoms with E-state index < -0.39 is 5.82 Å². The maximum atomic E-state index is 13.5. The predicted molar refractivity (Wildman–Crippen MR) is 66.1 cm³/mol. The highest BCUT2D eigenvalue weighted by Gasteiger charge is 2.08. The minimum atomic E-state index is -0.585. The summed E-state index contributed by atoms with van der Waals surface area (Å²) < 4.78 is 13.5. The maximum absolute atomic E-state index is 13.5. The number of nitrogens with two attached hydrogens (primary N) is 1. The van der Waals surface area contributed by atoms with Crippen LogP contribution in [0.25, 0.3) is 11.3 Å². The fraction of sp³-hybridized carbons (Fsp3) is 0.0833. The van der Waals surface area contributed by atoms with Gasteiger partial charge in [-0.1, -0.05) is 6.07 Å². The lowest BCUT2D eigenvalue weighted by molar-refractivity contribution is 0.624. The van der Waals surface area contributed by atoms with Crippen molar-refractivity contribution >= 4 is 11.8 Å². The molecule has 0 aliphatic carbocycles. The first kappa shape index (κ1) is 11.8. The molecule has 0 fully saturated rings. The van der Waals surface area contributed by atoms with Gasteiger partial charge in [0.05, 0.1) is 11.3 Å². The summed E-state index contributed by atoms with van der Waals surface area (Å²) in [6.07, 6.45) is 0. The van der Waals surface area contributed by atoms with Gasteiger partial charge < -0.3 is 11.1 Å². The second kappa shape index (κ2) is 4.67. The van der Waals surface area contributed by atoms with E-state index in [2.05, 4.69) is 15.3 Å². The Bertz CT molecular complexity index is 633. The SMILES string of the molecule is CNc1cc(-c2ccc(C#N)c(F)c2)nc(N)n1. The molecule has 18 heavy (non-hydrogen) atoms. The topological polar surface area (TPSA) is 87.6 Å². The van der Waals surface area contributed by atoms with Gasteiger partial charge in [0.2, 0.25) is 5.95 Å². The summed E-state index contributed by atoms with van der Waals surface area (Å²) in [4.78, 5) is 7.97. The molecule has 1 aromatic heterocycles. The predicted octanol–water partition coefficient (Wildman–Crippen LogP) is 1.78. The molecule has 0 amide bonds. The van der Waals surface area contributed by atoms with Crippen LogP contribution in [-0.2, 0) is 0 Å². The van der Waals surface area contributed by atoms with Crippen LogP contribution in [-0.4, -0.2) is 17.0 Å². The molecule has 0 saturated heterocycles. The monoisotopic (exact) mass is 243 g/mol. The van der Waals surface area contributed by atoms with Crippen molar-refractivity contribution in [1.29, 1.82) is 5.26 Å². The molecular weight excluding hydrogens is 233 g/mol. The first-order valence-corrected chi connectivity index (χ1v) is 5.16. The number of hydrogen-bond acceptors (Lipinski definition) is 5. The highest BCUT2D eigenvalue weighted by atomic mass is 19.1. The van der Waals surface area contributed by atoms with E-state index in [9.17, 15) is 4.39 Å². The lowest BCUT2D eigenvalue weighted by Crippen LogP contribution is -2.01. The minimum Gasteiger partial charge on any atom is -0.373 e. The maximum Gasteiger partial charge on any atom is 0.222 e. The zero-order valence-corrected chi connectivity index (χ0v) is 9.61. The van der Waals surface area contributed by atoms with Crippen molar-refractivity contribution in [3.63, 3.8) is 0 Å². The summed E-state index contributed by atoms with van der Waals surface area (Å²) in [6, 6.07) is 7.68. The van der Waals surface area contributed by atoms with Crippen LogP contribution in [0.4, 0.5) is 16.2 Å². The molecule has 0 unspecified atom stereocenters. The molecule has 2 aromatic rings. The fourth-order valence-electron chi connectivity index (χ4n) is 1.51. The number of nitrogens with zero attached hydrogens (tertiary/aromatic N) is 3. The van der Waals surface area contributed by atoms with Crippen LogP contribution in [0.15, 0.2) is 24.3 Å². The standard InChI is InChI=1S/C12H10FN5/c1-16-11-5-10(17-12(15)18-11)7-2-3-8(6-14)9(13)4-7/h2-5H,1H3,(H3,15,16,17,18). The molecule has 0 aliphatic rings. The van der Waals surface area contributed by atoms with Gasteiger partial charge in [-0.15, -0.1) is 0 Å². The first-order chi connectivity index (χ1) is 8.63. The van der Waals surface area contributed by atoms with E-state index in [0.29, 0.717) is 17.1 Å². The van der Waals surface area contributed by atoms with Crippen LogP contribution in [0.1, 0.15) is 5.56 Å². The number of benzene rings is 1. The molecule has 0 atom stereocenters. The van der Waals surface area contributed by atoms with E-state index in [4.69, 9.17) is 11.0 Å². The van der Waals surface area contributed by atoms with E-state index in [0.717, 1.165) is 0 Å². The van der Waals surface area contributed by atoms with Crippen molar-refractivity contribution in [2.45, 2.75) is 0 Å². The number of hydrogen-bond donors (Lipinski definition) is 2. The highest BCUT2D eigenvalue weighted by molar-refractivity contribution is 5.64. The summed E-state index contributed by atoms with van der Waals surface area (Å²) in [7, 11) is 1.70. The summed E-state index contributed by atoms with van der Waals surface area (Å²) >= 11 is 0. The molecule has 1 heterocycles. The quantitative estimate of drug-likeness (QED) is 0.839. The van der Waals surface area contributed by atoms with Crippen LogP contribution in [0.3, 0.4) is 0 Å². The highest BCUT2D eigenvalue weighted by Crippen LogP contribution is 2.22. The number of halogens is 1. The van der Waals surface area contributed by atoms with Gasteiger partial charge in [0, 0.05) is 18.7 Å². The lowest BCUT2D eigenvalue weighted by Gasteiger charge is -2.06. The van der Waals surface area contributed by atoms with E-state index >= 15 is 0 Å². The zero-order chi connectivity index (χ0) is 13.1. The van der Waals surface area contributed by atoms with Gasteiger partial charge in [0.25, 0.3) is 0 Å². The van der Waals surface area contributed by atoms with Gasteiger partial charge in [-0.25, -0.2) is 9.37 Å². The third-order valence-electron chi connectivity index (χ3n) is 2.38. The fourth-order valence-corrected chi connectivity index (χ4v) is 1.51. The number of aromatic nitrogens is 2. The molecule has 1 aromatic carbocycles. The van der Waals surface area contributed by atoms with Crippen molar-refractivity contribution < 1.29 is 4.39 Å². The molecule has 0 bridgehead atoms. The Balaban J connectivity index is 2.52. The molecular formula is C12H10FN5. The Morgan fingerprint density at radius 3 is 2.72 bits per heavy atom. The Morgan fingerprint density at radius 1 is 1.33 bits per heavy atom. The number of anilines is 2. The van der Waals surface area contributed by atoms with Crippen LogP contribution in [0.2, 0.25) is 0 Å². The van der Waals surface area contributed by atoms with Gasteiger partial charge in [-0.3, -0.25) is 0 Å². The molecule has 5 nitrogen and oxygen atoms in total. The summed E-state index contributed by atoms with van der Waals surface area (Å²) in [6.45, 7) is 0. The average Bonchev–Trinajstić information content (AvgIpc) is 2.37. The summed E-state index contributed by atoms with van der Waals surface area (Å²) in [5.74, 6) is 0.0575. The van der Waals surface area contributed by atoms with E-state index in [1.54, 1.807) is 25.2 Å². The van der Waals surface area contributed by atoms with Gasteiger partial charge in [0.1, 0.15) is 17.7 Å². The van der Waals surface area contributed by atoms with Gasteiger partial charge in [-0.05, 0) is 12.1 Å². The third kappa shape index (κ3) is 2.20. The van der Waals surface area contributed by atoms with Crippen LogP contribution in [0.5, 0.6) is 0 Å². The van der Waals surface area contributed by atoms with Gasteiger partial charge in [0.15, 0.2) is 0 Å². The van der Waals surface area contributed by atoms with E-state index in [1.165, 1.54) is 12.1 Å². The Kier molecular flexibility index (Phi) is 3.06. The number of rotatable bonds is 2. The molecule has 0 spiro atoms. The van der Waals surface area contributed by atoms with Crippen molar-refractivity contribution in [3.8, 4) is 17.3 Å². The Morgan fingerprint density at radius 2 is 2.11 bits per heavy atom. The van der Waals surface area contributed by atoms with E-state index in [1.807, 2.05) is 0 Å². The molecule has 0 radical (unpaired) electrons. The second-order valence-electron chi connectivity index (χ2n) is 3.55. The van der Waals surface area contributed by atoms with Crippen LogP contribution < -0.4 is 11.1 Å². The van der Waals surface area contributed by atoms with Crippen molar-refractivity contribution in [2.75, 3.05) is 18.1 Å². The number of nitriles is 1. The molecule has 0 aliphatic heterocycles. The molecule has 0 saturated carbocycles. The molecule has 3 N–H and O–H groups in total. The zero-order valence-electron chi connectivity index (χ0n) is 9.61. The van der Waals surface area contributed by atoms with Crippen LogP contribution >= 0.6 is 0 Å². The first-order valence-electron chi connectivity index (χ1n) is 5.16. The number of nitrogen functional groups attached to an aromatic ring is 1. The van der Waals surface area contributed by atoms with Gasteiger partial charge >= 0.3 is 0 Å². The Hall–Kier alpha value is -2.68. The summed E-state index contributed by atoms with van der Waals surface area (Å²) in [5.41, 5.74) is 6.59. The van der Waals surface area contributed by atoms with E-state index in [-0.39, 0.29) is 11.5 Å². The van der Waals surface area contributed by atoms with Crippen molar-refractivity contribution in [1.82, 2.24) is 9.97 Å². The van der Waals surface area contributed by atoms with Crippen molar-refractivity contribution in [2.24, 2.45) is 0 Å². The van der Waals surface area contributed by atoms with Crippen LogP contribution in [0, 0.1) is 17.1 Å². The lowest BCUT2D eigenvalue weighted by atomic mass is 10.1. The summed E-state index contributed by atoms with van der Waals surface area (Å²) in [5, 5.41) is 11.5. The second-order valence-corrected chi connectivity index (χ2v) is 3.55. The van der Waals surface area contributed by atoms with Crippen molar-refractivity contribution in [3.05, 3.63) is 35.6 Å². The minimum absolute atomic E-state index is 0.00498. The van der Waals surface area contributed by atoms with Gasteiger partial charge in [-0.2, -0.15) is 10.2 Å². The molecule has 2 rings (SSSR count). The molecule has 90 valence electrons. The average molecular weight is 243 g/mol. The number of nitrogens with one attached hydrogen (secondary N) is 1. The largest absolute Gasteiger partial charge is 0.373 e.